The number of fused-ring (bicyclic) bond motifs is 6. The molecule has 0 amide bonds. The predicted molar refractivity (Wildman–Crippen MR) is 141 cm³/mol. The van der Waals surface area contributed by atoms with Crippen molar-refractivity contribution in [1.29, 1.82) is 0 Å². The Balaban J connectivity index is 1.31. The van der Waals surface area contributed by atoms with Crippen LogP contribution in [-0.4, -0.2) is 9.97 Å². The maximum absolute atomic E-state index is 4.77. The van der Waals surface area contributed by atoms with Crippen molar-refractivity contribution in [3.05, 3.63) is 109 Å². The first-order valence-corrected chi connectivity index (χ1v) is 11.8. The van der Waals surface area contributed by atoms with Crippen LogP contribution in [0.25, 0.3) is 64.2 Å². The lowest BCUT2D eigenvalue weighted by atomic mass is 9.99. The number of pyridine rings is 2. The molecule has 0 aliphatic rings. The highest BCUT2D eigenvalue weighted by molar-refractivity contribution is 7.26. The smallest absolute Gasteiger partial charge is 0.0964 e. The Bertz CT molecular complexity index is 1810. The maximum Gasteiger partial charge on any atom is 0.0964 e. The molecule has 0 unspecified atom stereocenters. The zero-order chi connectivity index (χ0) is 21.8. The van der Waals surface area contributed by atoms with E-state index < -0.39 is 0 Å². The van der Waals surface area contributed by atoms with E-state index in [2.05, 4.69) is 96.0 Å². The zero-order valence-electron chi connectivity index (χ0n) is 17.7. The van der Waals surface area contributed by atoms with Gasteiger partial charge in [-0.05, 0) is 34.9 Å². The van der Waals surface area contributed by atoms with Gasteiger partial charge in [-0.1, -0.05) is 78.9 Å². The monoisotopic (exact) mass is 438 g/mol. The summed E-state index contributed by atoms with van der Waals surface area (Å²) in [6, 6.07) is 34.6. The van der Waals surface area contributed by atoms with Crippen molar-refractivity contribution in [2.75, 3.05) is 0 Å². The summed E-state index contributed by atoms with van der Waals surface area (Å²) in [5, 5.41) is 4.89. The Kier molecular flexibility index (Phi) is 4.05. The molecule has 154 valence electrons. The Morgan fingerprint density at radius 2 is 1.33 bits per heavy atom. The first kappa shape index (κ1) is 18.5. The molecule has 0 spiro atoms. The third-order valence-electron chi connectivity index (χ3n) is 6.36. The van der Waals surface area contributed by atoms with Gasteiger partial charge in [-0.15, -0.1) is 11.3 Å². The summed E-state index contributed by atoms with van der Waals surface area (Å²) in [6.45, 7) is 0. The summed E-state index contributed by atoms with van der Waals surface area (Å²) in [5.41, 5.74) is 6.70. The second-order valence-electron chi connectivity index (χ2n) is 8.29. The van der Waals surface area contributed by atoms with E-state index in [0.29, 0.717) is 0 Å². The molecule has 33 heavy (non-hydrogen) atoms. The van der Waals surface area contributed by atoms with Crippen molar-refractivity contribution in [2.24, 2.45) is 0 Å². The topological polar surface area (TPSA) is 25.8 Å². The Hall–Kier alpha value is -4.08. The third kappa shape index (κ3) is 2.94. The number of thiophene rings is 1. The molecule has 0 aliphatic heterocycles. The molecule has 0 fully saturated rings. The first-order chi connectivity index (χ1) is 16.3. The number of nitrogens with zero attached hydrogens (tertiary/aromatic N) is 2. The normalized spacial score (nSPS) is 11.6. The standard InChI is InChI=1S/C30H18N2S/c1-2-9-27-25(6-1)26-8-3-7-24(30(26)33-27)20-12-10-19(11-13-20)23-17-22-15-14-21-5-4-16-31-28(21)29(22)32-18-23/h1-18H. The molecule has 3 heteroatoms. The summed E-state index contributed by atoms with van der Waals surface area (Å²) >= 11 is 1.87. The van der Waals surface area contributed by atoms with Gasteiger partial charge in [0.15, 0.2) is 0 Å². The van der Waals surface area contributed by atoms with Crippen LogP contribution in [-0.2, 0) is 0 Å². The minimum atomic E-state index is 0.949. The molecule has 3 aromatic heterocycles. The van der Waals surface area contributed by atoms with Crippen molar-refractivity contribution in [3.8, 4) is 22.3 Å². The fourth-order valence-electron chi connectivity index (χ4n) is 4.71. The largest absolute Gasteiger partial charge is 0.254 e. The highest BCUT2D eigenvalue weighted by atomic mass is 32.1. The van der Waals surface area contributed by atoms with Crippen LogP contribution < -0.4 is 0 Å². The number of aromatic nitrogens is 2. The minimum Gasteiger partial charge on any atom is -0.254 e. The van der Waals surface area contributed by atoms with E-state index in [1.54, 1.807) is 0 Å². The molecule has 0 aliphatic carbocycles. The van der Waals surface area contributed by atoms with Crippen LogP contribution in [0.15, 0.2) is 109 Å². The summed E-state index contributed by atoms with van der Waals surface area (Å²) in [5.74, 6) is 0. The predicted octanol–water partition coefficient (Wildman–Crippen LogP) is 8.48. The first-order valence-electron chi connectivity index (χ1n) is 11.0. The highest BCUT2D eigenvalue weighted by Gasteiger charge is 2.11. The van der Waals surface area contributed by atoms with Gasteiger partial charge in [0, 0.05) is 48.9 Å². The molecular weight excluding hydrogens is 420 g/mol. The number of benzene rings is 4. The molecule has 0 radical (unpaired) electrons. The quantitative estimate of drug-likeness (QED) is 0.253. The van der Waals surface area contributed by atoms with Crippen LogP contribution in [0.4, 0.5) is 0 Å². The highest BCUT2D eigenvalue weighted by Crippen LogP contribution is 2.40. The number of rotatable bonds is 2. The van der Waals surface area contributed by atoms with E-state index in [1.165, 1.54) is 31.3 Å². The summed E-state index contributed by atoms with van der Waals surface area (Å²) in [4.78, 5) is 9.31. The number of hydrogen-bond donors (Lipinski definition) is 0. The SMILES string of the molecule is c1cnc2c(c1)ccc1cc(-c3ccc(-c4cccc5c4sc4ccccc45)cc3)cnc12. The average Bonchev–Trinajstić information content (AvgIpc) is 3.27. The van der Waals surface area contributed by atoms with E-state index in [-0.39, 0.29) is 0 Å². The molecule has 0 bridgehead atoms. The van der Waals surface area contributed by atoms with Gasteiger partial charge in [0.2, 0.25) is 0 Å². The van der Waals surface area contributed by atoms with Crippen LogP contribution in [0, 0.1) is 0 Å². The van der Waals surface area contributed by atoms with Crippen LogP contribution >= 0.6 is 11.3 Å². The minimum absolute atomic E-state index is 0.949. The zero-order valence-corrected chi connectivity index (χ0v) is 18.5. The van der Waals surface area contributed by atoms with Gasteiger partial charge >= 0.3 is 0 Å². The van der Waals surface area contributed by atoms with E-state index in [9.17, 15) is 0 Å². The van der Waals surface area contributed by atoms with Gasteiger partial charge in [-0.2, -0.15) is 0 Å². The van der Waals surface area contributed by atoms with Gasteiger partial charge in [-0.25, -0.2) is 0 Å². The van der Waals surface area contributed by atoms with E-state index in [0.717, 1.165) is 32.9 Å². The second kappa shape index (κ2) is 7.22. The maximum atomic E-state index is 4.77. The van der Waals surface area contributed by atoms with Crippen LogP contribution in [0.1, 0.15) is 0 Å². The van der Waals surface area contributed by atoms with E-state index >= 15 is 0 Å². The lowest BCUT2D eigenvalue weighted by Crippen LogP contribution is -1.87. The van der Waals surface area contributed by atoms with Crippen molar-refractivity contribution < 1.29 is 0 Å². The number of hydrogen-bond acceptors (Lipinski definition) is 3. The van der Waals surface area contributed by atoms with E-state index in [4.69, 9.17) is 4.98 Å². The molecule has 7 rings (SSSR count). The molecule has 0 N–H and O–H groups in total. The molecule has 7 aromatic rings. The summed E-state index contributed by atoms with van der Waals surface area (Å²) in [7, 11) is 0. The fraction of sp³-hybridized carbons (Fsp3) is 0. The Morgan fingerprint density at radius 3 is 2.27 bits per heavy atom. The molecule has 0 atom stereocenters. The summed E-state index contributed by atoms with van der Waals surface area (Å²) < 4.78 is 2.68. The molecular formula is C30H18N2S. The Labute approximate surface area is 194 Å². The van der Waals surface area contributed by atoms with E-state index in [1.807, 2.05) is 29.8 Å². The lowest BCUT2D eigenvalue weighted by molar-refractivity contribution is 1.37. The van der Waals surface area contributed by atoms with Crippen LogP contribution in [0.2, 0.25) is 0 Å². The summed E-state index contributed by atoms with van der Waals surface area (Å²) in [6.07, 6.45) is 3.78. The molecule has 3 heterocycles. The molecule has 0 saturated heterocycles. The van der Waals surface area contributed by atoms with Crippen LogP contribution in [0.3, 0.4) is 0 Å². The average molecular weight is 439 g/mol. The molecule has 4 aromatic carbocycles. The molecule has 2 nitrogen and oxygen atoms in total. The lowest BCUT2D eigenvalue weighted by Gasteiger charge is -2.08. The van der Waals surface area contributed by atoms with Gasteiger partial charge in [-0.3, -0.25) is 9.97 Å². The van der Waals surface area contributed by atoms with Crippen LogP contribution in [0.5, 0.6) is 0 Å². The van der Waals surface area contributed by atoms with Crippen molar-refractivity contribution in [1.82, 2.24) is 9.97 Å². The van der Waals surface area contributed by atoms with Crippen molar-refractivity contribution in [2.45, 2.75) is 0 Å². The van der Waals surface area contributed by atoms with Gasteiger partial charge in [0.05, 0.1) is 11.0 Å². The fourth-order valence-corrected chi connectivity index (χ4v) is 5.95. The van der Waals surface area contributed by atoms with Crippen molar-refractivity contribution in [3.63, 3.8) is 0 Å². The Morgan fingerprint density at radius 1 is 0.545 bits per heavy atom. The second-order valence-corrected chi connectivity index (χ2v) is 9.35. The van der Waals surface area contributed by atoms with Gasteiger partial charge < -0.3 is 0 Å². The third-order valence-corrected chi connectivity index (χ3v) is 7.58. The van der Waals surface area contributed by atoms with Gasteiger partial charge in [0.25, 0.3) is 0 Å². The van der Waals surface area contributed by atoms with Gasteiger partial charge in [0.1, 0.15) is 0 Å². The van der Waals surface area contributed by atoms with Crippen molar-refractivity contribution >= 4 is 53.3 Å². The molecule has 0 saturated carbocycles.